The van der Waals surface area contributed by atoms with Crippen molar-refractivity contribution in [1.29, 1.82) is 0 Å². The van der Waals surface area contributed by atoms with Crippen LogP contribution in [0.4, 0.5) is 5.69 Å². The normalized spacial score (nSPS) is 10.3. The van der Waals surface area contributed by atoms with E-state index in [-0.39, 0.29) is 0 Å². The van der Waals surface area contributed by atoms with Crippen molar-refractivity contribution in [2.24, 2.45) is 0 Å². The largest absolute Gasteiger partial charge is 0.370 e. The summed E-state index contributed by atoms with van der Waals surface area (Å²) in [5, 5.41) is 0.570. The lowest BCUT2D eigenvalue weighted by Crippen LogP contribution is -2.18. The first-order chi connectivity index (χ1) is 9.11. The van der Waals surface area contributed by atoms with E-state index in [0.717, 1.165) is 22.0 Å². The minimum absolute atomic E-state index is 0.570. The fraction of sp³-hybridized carbons (Fsp3) is 0.133. The summed E-state index contributed by atoms with van der Waals surface area (Å²) in [5.41, 5.74) is 2.63. The van der Waals surface area contributed by atoms with E-state index in [1.54, 1.807) is 12.1 Å². The molecular weight excluding hydrogens is 326 g/mol. The Morgan fingerprint density at radius 2 is 2.00 bits per heavy atom. The Labute approximate surface area is 126 Å². The second-order valence-corrected chi connectivity index (χ2v) is 5.56. The molecule has 98 valence electrons. The number of halogens is 2. The van der Waals surface area contributed by atoms with E-state index >= 15 is 0 Å². The van der Waals surface area contributed by atoms with Crippen molar-refractivity contribution in [3.05, 3.63) is 63.1 Å². The van der Waals surface area contributed by atoms with Gasteiger partial charge in [0.05, 0.1) is 0 Å². The Bertz CT molecular complexity index is 600. The van der Waals surface area contributed by atoms with Gasteiger partial charge in [-0.15, -0.1) is 0 Å². The van der Waals surface area contributed by atoms with E-state index in [1.807, 2.05) is 36.2 Å². The summed E-state index contributed by atoms with van der Waals surface area (Å²) >= 11 is 9.43. The highest BCUT2D eigenvalue weighted by molar-refractivity contribution is 9.10. The molecule has 0 spiro atoms. The van der Waals surface area contributed by atoms with Crippen molar-refractivity contribution in [3.63, 3.8) is 0 Å². The molecular formula is C15H13BrClNO. The monoisotopic (exact) mass is 337 g/mol. The number of nitrogens with zero attached hydrogens (tertiary/aromatic N) is 1. The van der Waals surface area contributed by atoms with Gasteiger partial charge in [0.25, 0.3) is 0 Å². The number of benzene rings is 2. The van der Waals surface area contributed by atoms with Crippen LogP contribution in [-0.2, 0) is 6.54 Å². The number of carbonyl (C=O) groups is 1. The van der Waals surface area contributed by atoms with Gasteiger partial charge in [-0.05, 0) is 29.8 Å². The molecule has 19 heavy (non-hydrogen) atoms. The van der Waals surface area contributed by atoms with E-state index in [2.05, 4.69) is 22.0 Å². The van der Waals surface area contributed by atoms with Gasteiger partial charge in [0.15, 0.2) is 6.29 Å². The number of rotatable bonds is 4. The fourth-order valence-electron chi connectivity index (χ4n) is 1.93. The lowest BCUT2D eigenvalue weighted by molar-refractivity contribution is 0.112. The highest BCUT2D eigenvalue weighted by atomic mass is 79.9. The average molecular weight is 339 g/mol. The summed E-state index contributed by atoms with van der Waals surface area (Å²) in [7, 11) is 1.95. The van der Waals surface area contributed by atoms with Crippen molar-refractivity contribution < 1.29 is 4.79 Å². The maximum Gasteiger partial charge on any atom is 0.152 e. The predicted molar refractivity (Wildman–Crippen MR) is 83.1 cm³/mol. The molecule has 0 N–H and O–H groups in total. The van der Waals surface area contributed by atoms with Crippen LogP contribution in [0, 0.1) is 0 Å². The first-order valence-corrected chi connectivity index (χ1v) is 6.98. The van der Waals surface area contributed by atoms with Crippen LogP contribution in [0.5, 0.6) is 0 Å². The maximum atomic E-state index is 11.1. The third kappa shape index (κ3) is 3.37. The number of anilines is 1. The van der Waals surface area contributed by atoms with Gasteiger partial charge >= 0.3 is 0 Å². The third-order valence-corrected chi connectivity index (χ3v) is 3.90. The zero-order chi connectivity index (χ0) is 13.8. The minimum Gasteiger partial charge on any atom is -0.370 e. The zero-order valence-electron chi connectivity index (χ0n) is 10.4. The Kier molecular flexibility index (Phi) is 4.61. The third-order valence-electron chi connectivity index (χ3n) is 2.89. The van der Waals surface area contributed by atoms with Crippen molar-refractivity contribution in [1.82, 2.24) is 0 Å². The Hall–Kier alpha value is -1.32. The topological polar surface area (TPSA) is 20.3 Å². The Morgan fingerprint density at radius 3 is 2.68 bits per heavy atom. The van der Waals surface area contributed by atoms with Crippen LogP contribution >= 0.6 is 27.5 Å². The second-order valence-electron chi connectivity index (χ2n) is 4.27. The van der Waals surface area contributed by atoms with Crippen LogP contribution in [0.15, 0.2) is 46.9 Å². The van der Waals surface area contributed by atoms with Gasteiger partial charge in [-0.3, -0.25) is 4.79 Å². The van der Waals surface area contributed by atoms with Crippen molar-refractivity contribution in [2.75, 3.05) is 11.9 Å². The van der Waals surface area contributed by atoms with E-state index in [0.29, 0.717) is 17.1 Å². The van der Waals surface area contributed by atoms with Crippen molar-refractivity contribution >= 4 is 39.5 Å². The lowest BCUT2D eigenvalue weighted by atomic mass is 10.1. The molecule has 2 aromatic rings. The predicted octanol–water partition coefficient (Wildman–Crippen LogP) is 4.55. The van der Waals surface area contributed by atoms with Gasteiger partial charge in [0.2, 0.25) is 0 Å². The van der Waals surface area contributed by atoms with Gasteiger partial charge < -0.3 is 4.90 Å². The van der Waals surface area contributed by atoms with Crippen LogP contribution in [0.25, 0.3) is 0 Å². The standard InChI is InChI=1S/C15H13BrClNO/c1-18(9-11-4-2-3-5-14(11)16)15-7-6-13(17)8-12(15)10-19/h2-8,10H,9H2,1H3. The van der Waals surface area contributed by atoms with Crippen LogP contribution in [0.2, 0.25) is 5.02 Å². The molecule has 0 aromatic heterocycles. The maximum absolute atomic E-state index is 11.1. The summed E-state index contributed by atoms with van der Waals surface area (Å²) in [6.07, 6.45) is 0.831. The molecule has 4 heteroatoms. The average Bonchev–Trinajstić information content (AvgIpc) is 2.41. The lowest BCUT2D eigenvalue weighted by Gasteiger charge is -2.21. The van der Waals surface area contributed by atoms with E-state index in [4.69, 9.17) is 11.6 Å². The molecule has 2 rings (SSSR count). The van der Waals surface area contributed by atoms with Gasteiger partial charge in [-0.1, -0.05) is 45.7 Å². The van der Waals surface area contributed by atoms with E-state index in [1.165, 1.54) is 0 Å². The quantitative estimate of drug-likeness (QED) is 0.762. The minimum atomic E-state index is 0.570. The molecule has 0 saturated carbocycles. The van der Waals surface area contributed by atoms with Crippen molar-refractivity contribution in [3.8, 4) is 0 Å². The van der Waals surface area contributed by atoms with Crippen molar-refractivity contribution in [2.45, 2.75) is 6.54 Å². The summed E-state index contributed by atoms with van der Waals surface area (Å²) in [6.45, 7) is 0.712. The summed E-state index contributed by atoms with van der Waals surface area (Å²) in [4.78, 5) is 13.1. The molecule has 0 bridgehead atoms. The number of hydrogen-bond donors (Lipinski definition) is 0. The van der Waals surface area contributed by atoms with Crippen LogP contribution in [0.1, 0.15) is 15.9 Å². The molecule has 0 aliphatic rings. The van der Waals surface area contributed by atoms with Gasteiger partial charge in [0.1, 0.15) is 0 Å². The van der Waals surface area contributed by atoms with E-state index in [9.17, 15) is 4.79 Å². The molecule has 2 aromatic carbocycles. The molecule has 0 amide bonds. The first kappa shape index (κ1) is 14.1. The zero-order valence-corrected chi connectivity index (χ0v) is 12.8. The number of carbonyl (C=O) groups excluding carboxylic acids is 1. The number of hydrogen-bond acceptors (Lipinski definition) is 2. The number of aldehydes is 1. The fourth-order valence-corrected chi connectivity index (χ4v) is 2.53. The Balaban J connectivity index is 2.28. The Morgan fingerprint density at radius 1 is 1.26 bits per heavy atom. The highest BCUT2D eigenvalue weighted by Crippen LogP contribution is 2.25. The molecule has 0 heterocycles. The SMILES string of the molecule is CN(Cc1ccccc1Br)c1ccc(Cl)cc1C=O. The van der Waals surface area contributed by atoms with Crippen LogP contribution < -0.4 is 4.90 Å². The van der Waals surface area contributed by atoms with Gasteiger partial charge in [0, 0.05) is 34.3 Å². The molecule has 0 radical (unpaired) electrons. The molecule has 0 saturated heterocycles. The molecule has 2 nitrogen and oxygen atoms in total. The molecule has 0 atom stereocenters. The summed E-state index contributed by atoms with van der Waals surface area (Å²) in [6, 6.07) is 13.4. The summed E-state index contributed by atoms with van der Waals surface area (Å²) in [5.74, 6) is 0. The first-order valence-electron chi connectivity index (χ1n) is 5.81. The molecule has 0 fully saturated rings. The van der Waals surface area contributed by atoms with Gasteiger partial charge in [-0.2, -0.15) is 0 Å². The molecule has 0 aliphatic heterocycles. The van der Waals surface area contributed by atoms with Gasteiger partial charge in [-0.25, -0.2) is 0 Å². The van der Waals surface area contributed by atoms with Crippen LogP contribution in [-0.4, -0.2) is 13.3 Å². The smallest absolute Gasteiger partial charge is 0.152 e. The second kappa shape index (κ2) is 6.22. The highest BCUT2D eigenvalue weighted by Gasteiger charge is 2.09. The summed E-state index contributed by atoms with van der Waals surface area (Å²) < 4.78 is 1.06. The van der Waals surface area contributed by atoms with Crippen LogP contribution in [0.3, 0.4) is 0 Å². The molecule has 0 unspecified atom stereocenters. The van der Waals surface area contributed by atoms with E-state index < -0.39 is 0 Å². The molecule has 0 aliphatic carbocycles.